The minimum absolute atomic E-state index is 0.0852. The smallest absolute Gasteiger partial charge is 0.407 e. The molecule has 1 aliphatic carbocycles. The van der Waals surface area contributed by atoms with Gasteiger partial charge in [0.2, 0.25) is 5.91 Å². The molecule has 1 aliphatic rings. The number of alkyl carbamates (subject to hydrolysis) is 1. The van der Waals surface area contributed by atoms with Crippen LogP contribution < -0.4 is 10.6 Å². The maximum absolute atomic E-state index is 12.9. The number of carbonyl (C=O) groups excluding carboxylic acids is 2. The third kappa shape index (κ3) is 6.16. The van der Waals surface area contributed by atoms with E-state index in [-0.39, 0.29) is 24.4 Å². The number of rotatable bonds is 10. The molecule has 2 aromatic carbocycles. The van der Waals surface area contributed by atoms with Gasteiger partial charge in [0.1, 0.15) is 18.7 Å². The summed E-state index contributed by atoms with van der Waals surface area (Å²) in [6.07, 6.45) is -0.0248. The van der Waals surface area contributed by atoms with Crippen molar-refractivity contribution in [2.45, 2.75) is 58.5 Å². The molecule has 0 unspecified atom stereocenters. The van der Waals surface area contributed by atoms with Gasteiger partial charge >= 0.3 is 12.1 Å². The van der Waals surface area contributed by atoms with E-state index < -0.39 is 30.1 Å². The fourth-order valence-corrected chi connectivity index (χ4v) is 4.45. The van der Waals surface area contributed by atoms with E-state index in [1.807, 2.05) is 64.1 Å². The Morgan fingerprint density at radius 3 is 1.82 bits per heavy atom. The van der Waals surface area contributed by atoms with Gasteiger partial charge in [0.25, 0.3) is 0 Å². The number of carboxylic acids is 1. The van der Waals surface area contributed by atoms with E-state index in [9.17, 15) is 19.5 Å². The molecule has 0 aliphatic heterocycles. The van der Waals surface area contributed by atoms with Crippen LogP contribution in [0.3, 0.4) is 0 Å². The SMILES string of the molecule is CC(C)C[C@@H](NC(=O)[C@@H](CC(C)C)NC(=O)OCC1c2ccccc2-c2ccccc21)C(=O)O. The first-order valence-electron chi connectivity index (χ1n) is 11.8. The topological polar surface area (TPSA) is 105 Å². The molecule has 34 heavy (non-hydrogen) atoms. The van der Waals surface area contributed by atoms with Gasteiger partial charge in [0.05, 0.1) is 0 Å². The van der Waals surface area contributed by atoms with Gasteiger partial charge in [0, 0.05) is 5.92 Å². The number of carbonyl (C=O) groups is 3. The Morgan fingerprint density at radius 1 is 0.824 bits per heavy atom. The molecule has 3 N–H and O–H groups in total. The van der Waals surface area contributed by atoms with Crippen LogP contribution >= 0.6 is 0 Å². The van der Waals surface area contributed by atoms with E-state index in [1.54, 1.807) is 0 Å². The second-order valence-corrected chi connectivity index (χ2v) is 9.68. The van der Waals surface area contributed by atoms with Crippen LogP contribution in [0.1, 0.15) is 57.6 Å². The van der Waals surface area contributed by atoms with Crippen molar-refractivity contribution in [3.05, 3.63) is 59.7 Å². The molecule has 0 radical (unpaired) electrons. The Kier molecular flexibility index (Phi) is 8.31. The van der Waals surface area contributed by atoms with Crippen molar-refractivity contribution in [3.63, 3.8) is 0 Å². The fraction of sp³-hybridized carbons (Fsp3) is 0.444. The highest BCUT2D eigenvalue weighted by Gasteiger charge is 2.31. The number of nitrogens with one attached hydrogen (secondary N) is 2. The third-order valence-corrected chi connectivity index (χ3v) is 5.98. The van der Waals surface area contributed by atoms with E-state index >= 15 is 0 Å². The van der Waals surface area contributed by atoms with Gasteiger partial charge in [-0.3, -0.25) is 4.79 Å². The molecule has 0 fully saturated rings. The maximum Gasteiger partial charge on any atom is 0.407 e. The first-order valence-corrected chi connectivity index (χ1v) is 11.8. The number of aliphatic carboxylic acids is 1. The largest absolute Gasteiger partial charge is 0.480 e. The normalized spacial score (nSPS) is 14.3. The lowest BCUT2D eigenvalue weighted by Gasteiger charge is -2.23. The van der Waals surface area contributed by atoms with Crippen LogP contribution in [0, 0.1) is 11.8 Å². The number of hydrogen-bond acceptors (Lipinski definition) is 4. The van der Waals surface area contributed by atoms with Gasteiger partial charge < -0.3 is 20.5 Å². The van der Waals surface area contributed by atoms with Gasteiger partial charge in [-0.15, -0.1) is 0 Å². The van der Waals surface area contributed by atoms with E-state index in [2.05, 4.69) is 22.8 Å². The van der Waals surface area contributed by atoms with Crippen LogP contribution in [0.5, 0.6) is 0 Å². The Bertz CT molecular complexity index is 988. The van der Waals surface area contributed by atoms with Gasteiger partial charge in [-0.1, -0.05) is 76.2 Å². The van der Waals surface area contributed by atoms with Crippen molar-refractivity contribution in [1.82, 2.24) is 10.6 Å². The molecule has 182 valence electrons. The summed E-state index contributed by atoms with van der Waals surface area (Å²) in [6.45, 7) is 7.79. The Morgan fingerprint density at radius 2 is 1.32 bits per heavy atom. The summed E-state index contributed by atoms with van der Waals surface area (Å²) in [7, 11) is 0. The summed E-state index contributed by atoms with van der Waals surface area (Å²) in [5, 5.41) is 14.7. The average molecular weight is 467 g/mol. The third-order valence-electron chi connectivity index (χ3n) is 5.98. The molecule has 0 heterocycles. The predicted octanol–water partition coefficient (Wildman–Crippen LogP) is 4.56. The number of carboxylic acid groups (broad SMARTS) is 1. The maximum atomic E-state index is 12.9. The van der Waals surface area contributed by atoms with Crippen molar-refractivity contribution < 1.29 is 24.2 Å². The number of ether oxygens (including phenoxy) is 1. The van der Waals surface area contributed by atoms with E-state index in [1.165, 1.54) is 0 Å². The van der Waals surface area contributed by atoms with Gasteiger partial charge in [-0.25, -0.2) is 9.59 Å². The van der Waals surface area contributed by atoms with Crippen LogP contribution in [-0.2, 0) is 14.3 Å². The van der Waals surface area contributed by atoms with Crippen LogP contribution in [0.4, 0.5) is 4.79 Å². The molecule has 7 nitrogen and oxygen atoms in total. The lowest BCUT2D eigenvalue weighted by atomic mass is 9.98. The Balaban J connectivity index is 1.66. The molecule has 0 aromatic heterocycles. The molecule has 7 heteroatoms. The van der Waals surface area contributed by atoms with Crippen LogP contribution in [0.2, 0.25) is 0 Å². The quantitative estimate of drug-likeness (QED) is 0.476. The molecule has 0 saturated carbocycles. The Hall–Kier alpha value is -3.35. The lowest BCUT2D eigenvalue weighted by molar-refractivity contribution is -0.142. The van der Waals surface area contributed by atoms with E-state index in [0.717, 1.165) is 22.3 Å². The first-order chi connectivity index (χ1) is 16.2. The highest BCUT2D eigenvalue weighted by Crippen LogP contribution is 2.44. The van der Waals surface area contributed by atoms with Crippen molar-refractivity contribution >= 4 is 18.0 Å². The van der Waals surface area contributed by atoms with Crippen LogP contribution in [-0.4, -0.2) is 41.8 Å². The molecular formula is C27H34N2O5. The minimum atomic E-state index is -1.09. The lowest BCUT2D eigenvalue weighted by Crippen LogP contribution is -2.52. The molecular weight excluding hydrogens is 432 g/mol. The zero-order chi connectivity index (χ0) is 24.8. The van der Waals surface area contributed by atoms with Crippen molar-refractivity contribution in [1.29, 1.82) is 0 Å². The molecule has 0 saturated heterocycles. The minimum Gasteiger partial charge on any atom is -0.480 e. The number of benzene rings is 2. The zero-order valence-electron chi connectivity index (χ0n) is 20.2. The standard InChI is InChI=1S/C27H34N2O5/c1-16(2)13-23(25(30)28-24(26(31)32)14-17(3)4)29-27(33)34-15-22-20-11-7-5-9-18(20)19-10-6-8-12-21(19)22/h5-12,16-17,22-24H,13-15H2,1-4H3,(H,28,30)(H,29,33)(H,31,32)/t23-,24-/m1/s1. The molecule has 2 atom stereocenters. The van der Waals surface area contributed by atoms with Gasteiger partial charge in [0.15, 0.2) is 0 Å². The summed E-state index contributed by atoms with van der Waals surface area (Å²) in [5.74, 6) is -1.49. The zero-order valence-corrected chi connectivity index (χ0v) is 20.2. The van der Waals surface area contributed by atoms with Crippen molar-refractivity contribution in [2.24, 2.45) is 11.8 Å². The molecule has 3 rings (SSSR count). The fourth-order valence-electron chi connectivity index (χ4n) is 4.45. The summed E-state index contributed by atoms with van der Waals surface area (Å²) in [4.78, 5) is 37.1. The van der Waals surface area contributed by atoms with Crippen molar-refractivity contribution in [3.8, 4) is 11.1 Å². The predicted molar refractivity (Wildman–Crippen MR) is 130 cm³/mol. The van der Waals surface area contributed by atoms with E-state index in [4.69, 9.17) is 4.74 Å². The summed E-state index contributed by atoms with van der Waals surface area (Å²) in [6, 6.07) is 14.2. The highest BCUT2D eigenvalue weighted by atomic mass is 16.5. The first kappa shape index (κ1) is 25.3. The second kappa shape index (κ2) is 11.2. The molecule has 0 bridgehead atoms. The monoisotopic (exact) mass is 466 g/mol. The summed E-state index contributed by atoms with van der Waals surface area (Å²) >= 11 is 0. The summed E-state index contributed by atoms with van der Waals surface area (Å²) in [5.41, 5.74) is 4.47. The van der Waals surface area contributed by atoms with Crippen LogP contribution in [0.15, 0.2) is 48.5 Å². The highest BCUT2D eigenvalue weighted by molar-refractivity contribution is 5.89. The second-order valence-electron chi connectivity index (χ2n) is 9.68. The molecule has 2 aromatic rings. The summed E-state index contributed by atoms with van der Waals surface area (Å²) < 4.78 is 5.57. The average Bonchev–Trinajstić information content (AvgIpc) is 3.10. The molecule has 0 spiro atoms. The number of hydrogen-bond donors (Lipinski definition) is 3. The van der Waals surface area contributed by atoms with E-state index in [0.29, 0.717) is 12.8 Å². The molecule has 2 amide bonds. The number of amides is 2. The van der Waals surface area contributed by atoms with Crippen LogP contribution in [0.25, 0.3) is 11.1 Å². The van der Waals surface area contributed by atoms with Crippen molar-refractivity contribution in [2.75, 3.05) is 6.61 Å². The van der Waals surface area contributed by atoms with Gasteiger partial charge in [-0.05, 0) is 46.9 Å². The van der Waals surface area contributed by atoms with Gasteiger partial charge in [-0.2, -0.15) is 0 Å². The number of fused-ring (bicyclic) bond motifs is 3. The Labute approximate surface area is 200 Å².